The monoisotopic (exact) mass is 293 g/mol. The van der Waals surface area contributed by atoms with Crippen LogP contribution in [0.4, 0.5) is 4.39 Å². The Labute approximate surface area is 126 Å². The molecule has 21 heavy (non-hydrogen) atoms. The summed E-state index contributed by atoms with van der Waals surface area (Å²) in [7, 11) is 0. The summed E-state index contributed by atoms with van der Waals surface area (Å²) in [6, 6.07) is 6.48. The lowest BCUT2D eigenvalue weighted by molar-refractivity contribution is -0.156. The van der Waals surface area contributed by atoms with Gasteiger partial charge in [-0.1, -0.05) is 32.9 Å². The van der Waals surface area contributed by atoms with Crippen LogP contribution in [0.3, 0.4) is 0 Å². The largest absolute Gasteiger partial charge is 0.377 e. The Balaban J connectivity index is 0.000000774. The van der Waals surface area contributed by atoms with Gasteiger partial charge in [-0.2, -0.15) is 0 Å². The van der Waals surface area contributed by atoms with Crippen molar-refractivity contribution in [3.8, 4) is 0 Å². The van der Waals surface area contributed by atoms with Gasteiger partial charge in [0.1, 0.15) is 5.82 Å². The minimum absolute atomic E-state index is 0.0744. The SMILES string of the molecule is CC.CC1CCC2COCC(c3ccc(F)cc3)N2C1=O. The van der Waals surface area contributed by atoms with Gasteiger partial charge in [0.25, 0.3) is 0 Å². The quantitative estimate of drug-likeness (QED) is 0.792. The predicted octanol–water partition coefficient (Wildman–Crippen LogP) is 3.55. The molecule has 1 aromatic carbocycles. The van der Waals surface area contributed by atoms with Crippen LogP contribution in [-0.4, -0.2) is 30.1 Å². The maximum Gasteiger partial charge on any atom is 0.226 e. The minimum Gasteiger partial charge on any atom is -0.377 e. The van der Waals surface area contributed by atoms with Crippen LogP contribution >= 0.6 is 0 Å². The third-order valence-electron chi connectivity index (χ3n) is 4.18. The summed E-state index contributed by atoms with van der Waals surface area (Å²) in [5, 5.41) is 0. The summed E-state index contributed by atoms with van der Waals surface area (Å²) in [5.41, 5.74) is 0.952. The van der Waals surface area contributed by atoms with E-state index in [1.807, 2.05) is 25.7 Å². The number of carbonyl (C=O) groups excluding carboxylic acids is 1. The number of piperidine rings is 1. The van der Waals surface area contributed by atoms with Crippen molar-refractivity contribution >= 4 is 5.91 Å². The normalized spacial score (nSPS) is 28.5. The highest BCUT2D eigenvalue weighted by Gasteiger charge is 2.40. The Morgan fingerprint density at radius 3 is 2.48 bits per heavy atom. The smallest absolute Gasteiger partial charge is 0.226 e. The zero-order chi connectivity index (χ0) is 15.4. The number of rotatable bonds is 1. The van der Waals surface area contributed by atoms with Crippen LogP contribution in [0.5, 0.6) is 0 Å². The molecule has 3 unspecified atom stereocenters. The molecule has 2 aliphatic rings. The van der Waals surface area contributed by atoms with E-state index in [4.69, 9.17) is 4.74 Å². The lowest BCUT2D eigenvalue weighted by Gasteiger charge is -2.46. The van der Waals surface area contributed by atoms with E-state index in [9.17, 15) is 9.18 Å². The van der Waals surface area contributed by atoms with E-state index in [-0.39, 0.29) is 29.7 Å². The van der Waals surface area contributed by atoms with E-state index >= 15 is 0 Å². The molecule has 2 saturated heterocycles. The summed E-state index contributed by atoms with van der Waals surface area (Å²) in [4.78, 5) is 14.4. The second kappa shape index (κ2) is 7.03. The molecule has 0 aliphatic carbocycles. The highest BCUT2D eigenvalue weighted by molar-refractivity contribution is 5.80. The molecule has 3 atom stereocenters. The Kier molecular flexibility index (Phi) is 5.34. The highest BCUT2D eigenvalue weighted by Crippen LogP contribution is 2.35. The van der Waals surface area contributed by atoms with Crippen LogP contribution in [0.1, 0.15) is 45.2 Å². The molecule has 1 amide bonds. The number of carbonyl (C=O) groups is 1. The van der Waals surface area contributed by atoms with Gasteiger partial charge in [-0.05, 0) is 30.5 Å². The van der Waals surface area contributed by atoms with Gasteiger partial charge in [0.2, 0.25) is 5.91 Å². The van der Waals surface area contributed by atoms with Crippen LogP contribution < -0.4 is 0 Å². The Bertz CT molecular complexity index is 474. The van der Waals surface area contributed by atoms with Gasteiger partial charge in [0.15, 0.2) is 0 Å². The Morgan fingerprint density at radius 2 is 1.81 bits per heavy atom. The van der Waals surface area contributed by atoms with Gasteiger partial charge in [0, 0.05) is 5.92 Å². The number of hydrogen-bond acceptors (Lipinski definition) is 2. The fraction of sp³-hybridized carbons (Fsp3) is 0.588. The molecule has 0 N–H and O–H groups in total. The van der Waals surface area contributed by atoms with E-state index in [0.29, 0.717) is 13.2 Å². The molecule has 2 aliphatic heterocycles. The van der Waals surface area contributed by atoms with E-state index in [0.717, 1.165) is 18.4 Å². The van der Waals surface area contributed by atoms with Crippen molar-refractivity contribution in [2.45, 2.75) is 45.7 Å². The zero-order valence-electron chi connectivity index (χ0n) is 13.0. The van der Waals surface area contributed by atoms with E-state index < -0.39 is 0 Å². The molecule has 2 fully saturated rings. The van der Waals surface area contributed by atoms with Crippen LogP contribution in [-0.2, 0) is 9.53 Å². The van der Waals surface area contributed by atoms with Crippen molar-refractivity contribution in [1.29, 1.82) is 0 Å². The number of benzene rings is 1. The molecule has 3 nitrogen and oxygen atoms in total. The number of hydrogen-bond donors (Lipinski definition) is 0. The van der Waals surface area contributed by atoms with Gasteiger partial charge in [0.05, 0.1) is 25.3 Å². The molecule has 0 bridgehead atoms. The maximum atomic E-state index is 13.0. The first-order valence-electron chi connectivity index (χ1n) is 7.82. The lowest BCUT2D eigenvalue weighted by Crippen LogP contribution is -2.54. The van der Waals surface area contributed by atoms with E-state index in [2.05, 4.69) is 0 Å². The van der Waals surface area contributed by atoms with Crippen molar-refractivity contribution in [1.82, 2.24) is 4.90 Å². The fourth-order valence-electron chi connectivity index (χ4n) is 3.05. The Morgan fingerprint density at radius 1 is 1.14 bits per heavy atom. The lowest BCUT2D eigenvalue weighted by atomic mass is 9.89. The number of fused-ring (bicyclic) bond motifs is 1. The first-order chi connectivity index (χ1) is 10.2. The highest BCUT2D eigenvalue weighted by atomic mass is 19.1. The summed E-state index contributed by atoms with van der Waals surface area (Å²) < 4.78 is 18.6. The molecular weight excluding hydrogens is 269 g/mol. The average molecular weight is 293 g/mol. The van der Waals surface area contributed by atoms with Crippen molar-refractivity contribution in [3.05, 3.63) is 35.6 Å². The number of ether oxygens (including phenoxy) is 1. The third-order valence-corrected chi connectivity index (χ3v) is 4.18. The van der Waals surface area contributed by atoms with E-state index in [1.54, 1.807) is 12.1 Å². The molecule has 0 radical (unpaired) electrons. The van der Waals surface area contributed by atoms with Crippen LogP contribution in [0.15, 0.2) is 24.3 Å². The second-order valence-electron chi connectivity index (χ2n) is 5.48. The van der Waals surface area contributed by atoms with Crippen molar-refractivity contribution in [3.63, 3.8) is 0 Å². The van der Waals surface area contributed by atoms with Gasteiger partial charge in [-0.25, -0.2) is 4.39 Å². The van der Waals surface area contributed by atoms with Crippen LogP contribution in [0.25, 0.3) is 0 Å². The summed E-state index contributed by atoms with van der Waals surface area (Å²) in [6.45, 7) is 7.10. The van der Waals surface area contributed by atoms with Crippen LogP contribution in [0.2, 0.25) is 0 Å². The first-order valence-corrected chi connectivity index (χ1v) is 7.82. The zero-order valence-corrected chi connectivity index (χ0v) is 13.0. The molecule has 0 aromatic heterocycles. The fourth-order valence-corrected chi connectivity index (χ4v) is 3.05. The number of amides is 1. The molecule has 2 heterocycles. The molecule has 116 valence electrons. The summed E-state index contributed by atoms with van der Waals surface area (Å²) in [5.74, 6) is 0.0292. The van der Waals surface area contributed by atoms with Gasteiger partial charge < -0.3 is 9.64 Å². The molecule has 0 spiro atoms. The molecule has 0 saturated carbocycles. The van der Waals surface area contributed by atoms with Crippen molar-refractivity contribution in [2.75, 3.05) is 13.2 Å². The number of morpholine rings is 1. The second-order valence-corrected chi connectivity index (χ2v) is 5.48. The summed E-state index contributed by atoms with van der Waals surface area (Å²) in [6.07, 6.45) is 1.92. The Hall–Kier alpha value is -1.42. The first kappa shape index (κ1) is 16.0. The minimum atomic E-state index is -0.254. The van der Waals surface area contributed by atoms with Crippen molar-refractivity contribution < 1.29 is 13.9 Å². The van der Waals surface area contributed by atoms with E-state index in [1.165, 1.54) is 12.1 Å². The maximum absolute atomic E-state index is 13.0. The third kappa shape index (κ3) is 3.26. The molecular formula is C17H24FNO2. The molecule has 4 heteroatoms. The van der Waals surface area contributed by atoms with Crippen LogP contribution in [0, 0.1) is 11.7 Å². The average Bonchev–Trinajstić information content (AvgIpc) is 2.53. The van der Waals surface area contributed by atoms with Gasteiger partial charge in [-0.15, -0.1) is 0 Å². The van der Waals surface area contributed by atoms with Gasteiger partial charge in [-0.3, -0.25) is 4.79 Å². The topological polar surface area (TPSA) is 29.5 Å². The molecule has 3 rings (SSSR count). The standard InChI is InChI=1S/C15H18FNO2.C2H6/c1-10-2-7-13-8-19-9-14(17(13)15(10)18)11-3-5-12(16)6-4-11;1-2/h3-6,10,13-14H,2,7-9H2,1H3;1-2H3. The molecule has 1 aromatic rings. The number of nitrogens with zero attached hydrogens (tertiary/aromatic N) is 1. The summed E-state index contributed by atoms with van der Waals surface area (Å²) >= 11 is 0. The number of halogens is 1. The predicted molar refractivity (Wildman–Crippen MR) is 80.3 cm³/mol. The van der Waals surface area contributed by atoms with Gasteiger partial charge >= 0.3 is 0 Å². The van der Waals surface area contributed by atoms with Crippen molar-refractivity contribution in [2.24, 2.45) is 5.92 Å².